The standard InChI is InChI=1S/C24H33N5O4/c1-16-11-29(12-19-9-25-15-26-10-19)17(2)14-33-22-7-6-20(27-18(3)30)8-21(22)24(31)28(4)13-23(16)32-5/h6-10,15-17,23H,11-14H2,1-5H3,(H,27,30)/t16-,17-,23-/m1/s1. The van der Waals surface area contributed by atoms with E-state index >= 15 is 0 Å². The van der Waals surface area contributed by atoms with E-state index in [1.54, 1.807) is 37.3 Å². The molecule has 1 aromatic carbocycles. The van der Waals surface area contributed by atoms with Crippen LogP contribution in [0.25, 0.3) is 0 Å². The van der Waals surface area contributed by atoms with Crippen LogP contribution in [0.3, 0.4) is 0 Å². The topological polar surface area (TPSA) is 96.9 Å². The Morgan fingerprint density at radius 2 is 1.97 bits per heavy atom. The van der Waals surface area contributed by atoms with Gasteiger partial charge in [0.2, 0.25) is 5.91 Å². The van der Waals surface area contributed by atoms with Crippen molar-refractivity contribution < 1.29 is 19.1 Å². The van der Waals surface area contributed by atoms with E-state index in [1.807, 2.05) is 12.4 Å². The monoisotopic (exact) mass is 455 g/mol. The second-order valence-corrected chi connectivity index (χ2v) is 8.67. The number of amides is 2. The Hall–Kier alpha value is -3.04. The van der Waals surface area contributed by atoms with Crippen LogP contribution in [0.4, 0.5) is 5.69 Å². The van der Waals surface area contributed by atoms with Crippen LogP contribution in [0.15, 0.2) is 36.9 Å². The summed E-state index contributed by atoms with van der Waals surface area (Å²) in [6.45, 7) is 7.91. The van der Waals surface area contributed by atoms with E-state index in [0.29, 0.717) is 36.7 Å². The average molecular weight is 456 g/mol. The third-order valence-corrected chi connectivity index (χ3v) is 5.89. The molecule has 33 heavy (non-hydrogen) atoms. The number of aromatic nitrogens is 2. The van der Waals surface area contributed by atoms with Crippen LogP contribution in [0.2, 0.25) is 0 Å². The zero-order valence-corrected chi connectivity index (χ0v) is 19.9. The Bertz CT molecular complexity index is 955. The van der Waals surface area contributed by atoms with Crippen LogP contribution >= 0.6 is 0 Å². The molecule has 0 saturated heterocycles. The molecular formula is C24H33N5O4. The first kappa shape index (κ1) is 24.6. The van der Waals surface area contributed by atoms with Crippen molar-refractivity contribution in [1.82, 2.24) is 19.8 Å². The lowest BCUT2D eigenvalue weighted by Gasteiger charge is -2.36. The highest BCUT2D eigenvalue weighted by molar-refractivity contribution is 5.99. The van der Waals surface area contributed by atoms with Gasteiger partial charge in [-0.15, -0.1) is 0 Å². The van der Waals surface area contributed by atoms with Gasteiger partial charge in [0.1, 0.15) is 18.7 Å². The normalized spacial score (nSPS) is 22.5. The van der Waals surface area contributed by atoms with E-state index in [4.69, 9.17) is 9.47 Å². The van der Waals surface area contributed by atoms with Crippen LogP contribution in [0.5, 0.6) is 5.75 Å². The summed E-state index contributed by atoms with van der Waals surface area (Å²) in [6, 6.07) is 5.19. The molecule has 0 aliphatic carbocycles. The van der Waals surface area contributed by atoms with E-state index in [2.05, 4.69) is 34.0 Å². The fraction of sp³-hybridized carbons (Fsp3) is 0.500. The van der Waals surface area contributed by atoms with Crippen molar-refractivity contribution in [3.05, 3.63) is 48.0 Å². The van der Waals surface area contributed by atoms with Gasteiger partial charge in [0, 0.05) is 70.4 Å². The SMILES string of the molecule is CO[C@@H]1CN(C)C(=O)c2cc(NC(C)=O)ccc2OC[C@@H](C)N(Cc2cncnc2)C[C@H]1C. The molecule has 1 N–H and O–H groups in total. The minimum atomic E-state index is -0.202. The highest BCUT2D eigenvalue weighted by atomic mass is 16.5. The number of benzene rings is 1. The van der Waals surface area contributed by atoms with Gasteiger partial charge in [-0.25, -0.2) is 9.97 Å². The van der Waals surface area contributed by atoms with Gasteiger partial charge in [-0.1, -0.05) is 6.92 Å². The lowest BCUT2D eigenvalue weighted by atomic mass is 10.0. The number of fused-ring (bicyclic) bond motifs is 1. The Labute approximate surface area is 195 Å². The maximum atomic E-state index is 13.3. The first-order valence-corrected chi connectivity index (χ1v) is 11.1. The third kappa shape index (κ3) is 6.49. The summed E-state index contributed by atoms with van der Waals surface area (Å²) in [5.41, 5.74) is 1.97. The zero-order valence-electron chi connectivity index (χ0n) is 19.9. The molecule has 0 spiro atoms. The lowest BCUT2D eigenvalue weighted by Crippen LogP contribution is -2.46. The first-order valence-electron chi connectivity index (χ1n) is 11.1. The van der Waals surface area contributed by atoms with Crippen LogP contribution in [-0.4, -0.2) is 77.6 Å². The molecule has 0 fully saturated rings. The summed E-state index contributed by atoms with van der Waals surface area (Å²) >= 11 is 0. The second-order valence-electron chi connectivity index (χ2n) is 8.67. The number of methoxy groups -OCH3 is 1. The first-order chi connectivity index (χ1) is 15.8. The molecule has 2 amide bonds. The number of nitrogens with one attached hydrogen (secondary N) is 1. The zero-order chi connectivity index (χ0) is 24.0. The molecule has 2 heterocycles. The second kappa shape index (κ2) is 11.2. The summed E-state index contributed by atoms with van der Waals surface area (Å²) in [7, 11) is 3.43. The molecule has 0 radical (unpaired) electrons. The molecule has 9 nitrogen and oxygen atoms in total. The molecular weight excluding hydrogens is 422 g/mol. The molecule has 3 rings (SSSR count). The Morgan fingerprint density at radius 3 is 2.64 bits per heavy atom. The average Bonchev–Trinajstić information content (AvgIpc) is 2.80. The van der Waals surface area contributed by atoms with Crippen molar-refractivity contribution in [2.24, 2.45) is 5.92 Å². The predicted molar refractivity (Wildman–Crippen MR) is 125 cm³/mol. The molecule has 0 bridgehead atoms. The van der Waals surface area contributed by atoms with E-state index < -0.39 is 0 Å². The van der Waals surface area contributed by atoms with Gasteiger partial charge in [0.25, 0.3) is 5.91 Å². The van der Waals surface area contributed by atoms with Crippen molar-refractivity contribution in [3.8, 4) is 5.75 Å². The van der Waals surface area contributed by atoms with Gasteiger partial charge in [-0.3, -0.25) is 14.5 Å². The number of ether oxygens (including phenoxy) is 2. The molecule has 9 heteroatoms. The van der Waals surface area contributed by atoms with Crippen LogP contribution in [-0.2, 0) is 16.1 Å². The van der Waals surface area contributed by atoms with Crippen LogP contribution in [0.1, 0.15) is 36.7 Å². The number of nitrogens with zero attached hydrogens (tertiary/aromatic N) is 4. The van der Waals surface area contributed by atoms with Crippen molar-refractivity contribution in [2.75, 3.05) is 39.2 Å². The molecule has 1 aliphatic rings. The maximum absolute atomic E-state index is 13.3. The van der Waals surface area contributed by atoms with E-state index in [1.165, 1.54) is 13.3 Å². The van der Waals surface area contributed by atoms with Crippen molar-refractivity contribution in [1.29, 1.82) is 0 Å². The number of hydrogen-bond donors (Lipinski definition) is 1. The Morgan fingerprint density at radius 1 is 1.24 bits per heavy atom. The van der Waals surface area contributed by atoms with E-state index in [9.17, 15) is 9.59 Å². The molecule has 3 atom stereocenters. The summed E-state index contributed by atoms with van der Waals surface area (Å²) in [5, 5.41) is 2.74. The number of carbonyl (C=O) groups excluding carboxylic acids is 2. The van der Waals surface area contributed by atoms with Gasteiger partial charge >= 0.3 is 0 Å². The van der Waals surface area contributed by atoms with Crippen LogP contribution < -0.4 is 10.1 Å². The van der Waals surface area contributed by atoms with Gasteiger partial charge in [0.05, 0.1) is 11.7 Å². The summed E-state index contributed by atoms with van der Waals surface area (Å²) in [4.78, 5) is 37.1. The van der Waals surface area contributed by atoms with E-state index in [0.717, 1.165) is 12.1 Å². The molecule has 2 aromatic rings. The number of rotatable bonds is 4. The minimum Gasteiger partial charge on any atom is -0.491 e. The number of carbonyl (C=O) groups is 2. The third-order valence-electron chi connectivity index (χ3n) is 5.89. The minimum absolute atomic E-state index is 0.0558. The van der Waals surface area contributed by atoms with Crippen molar-refractivity contribution in [2.45, 2.75) is 39.5 Å². The predicted octanol–water partition coefficient (Wildman–Crippen LogP) is 2.44. The highest BCUT2D eigenvalue weighted by Gasteiger charge is 2.28. The van der Waals surface area contributed by atoms with Crippen molar-refractivity contribution in [3.63, 3.8) is 0 Å². The van der Waals surface area contributed by atoms with Gasteiger partial charge in [-0.2, -0.15) is 0 Å². The molecule has 0 unspecified atom stereocenters. The fourth-order valence-corrected chi connectivity index (χ4v) is 4.00. The van der Waals surface area contributed by atoms with Gasteiger partial charge in [0.15, 0.2) is 0 Å². The number of likely N-dealkylation sites (N-methyl/N-ethyl adjacent to an activating group) is 1. The molecule has 0 saturated carbocycles. The lowest BCUT2D eigenvalue weighted by molar-refractivity contribution is -0.114. The number of anilines is 1. The van der Waals surface area contributed by atoms with E-state index in [-0.39, 0.29) is 29.9 Å². The Balaban J connectivity index is 1.94. The number of hydrogen-bond acceptors (Lipinski definition) is 7. The van der Waals surface area contributed by atoms with Gasteiger partial charge < -0.3 is 19.7 Å². The van der Waals surface area contributed by atoms with Crippen LogP contribution in [0, 0.1) is 5.92 Å². The van der Waals surface area contributed by atoms with Gasteiger partial charge in [-0.05, 0) is 31.0 Å². The summed E-state index contributed by atoms with van der Waals surface area (Å²) < 4.78 is 11.9. The summed E-state index contributed by atoms with van der Waals surface area (Å²) in [5.74, 6) is 0.255. The van der Waals surface area contributed by atoms with Crippen molar-refractivity contribution >= 4 is 17.5 Å². The smallest absolute Gasteiger partial charge is 0.257 e. The highest BCUT2D eigenvalue weighted by Crippen LogP contribution is 2.26. The molecule has 178 valence electrons. The Kier molecular flexibility index (Phi) is 8.35. The largest absolute Gasteiger partial charge is 0.491 e. The summed E-state index contributed by atoms with van der Waals surface area (Å²) in [6.07, 6.45) is 5.01. The molecule has 1 aromatic heterocycles. The molecule has 1 aliphatic heterocycles. The maximum Gasteiger partial charge on any atom is 0.257 e. The quantitative estimate of drug-likeness (QED) is 0.756. The fourth-order valence-electron chi connectivity index (χ4n) is 4.00.